The van der Waals surface area contributed by atoms with E-state index in [1.54, 1.807) is 37.5 Å². The molecule has 2 aliphatic rings. The SMILES string of the molecule is CC1(c2ccc(-c3nc(-c4ncccn4)nn3C3CCCOC3)cc2)CC1(F)F. The van der Waals surface area contributed by atoms with Gasteiger partial charge in [-0.15, -0.1) is 5.10 Å². The molecule has 0 spiro atoms. The van der Waals surface area contributed by atoms with Crippen molar-refractivity contribution >= 4 is 0 Å². The van der Waals surface area contributed by atoms with Gasteiger partial charge in [0.05, 0.1) is 18.1 Å². The molecule has 5 rings (SSSR count). The normalized spacial score (nSPS) is 25.7. The van der Waals surface area contributed by atoms with Crippen molar-refractivity contribution in [2.24, 2.45) is 0 Å². The Balaban J connectivity index is 1.53. The molecule has 8 heteroatoms. The Labute approximate surface area is 167 Å². The van der Waals surface area contributed by atoms with Crippen LogP contribution in [0.5, 0.6) is 0 Å². The van der Waals surface area contributed by atoms with Gasteiger partial charge in [-0.25, -0.2) is 28.4 Å². The number of hydrogen-bond acceptors (Lipinski definition) is 5. The van der Waals surface area contributed by atoms with Crippen LogP contribution in [-0.2, 0) is 10.2 Å². The molecular formula is C21H21F2N5O. The van der Waals surface area contributed by atoms with Gasteiger partial charge in [0.1, 0.15) is 0 Å². The fraction of sp³-hybridized carbons (Fsp3) is 0.429. The number of alkyl halides is 2. The summed E-state index contributed by atoms with van der Waals surface area (Å²) in [4.78, 5) is 13.2. The molecule has 29 heavy (non-hydrogen) atoms. The van der Waals surface area contributed by atoms with Crippen LogP contribution in [-0.4, -0.2) is 43.9 Å². The predicted molar refractivity (Wildman–Crippen MR) is 102 cm³/mol. The molecular weight excluding hydrogens is 376 g/mol. The highest BCUT2D eigenvalue weighted by Crippen LogP contribution is 2.61. The third-order valence-electron chi connectivity index (χ3n) is 5.92. The first-order valence-electron chi connectivity index (χ1n) is 9.78. The average Bonchev–Trinajstić information content (AvgIpc) is 3.09. The Kier molecular flexibility index (Phi) is 4.20. The molecule has 3 heterocycles. The lowest BCUT2D eigenvalue weighted by molar-refractivity contribution is 0.0555. The van der Waals surface area contributed by atoms with E-state index in [-0.39, 0.29) is 12.5 Å². The Morgan fingerprint density at radius 2 is 1.83 bits per heavy atom. The highest BCUT2D eigenvalue weighted by Gasteiger charge is 2.68. The van der Waals surface area contributed by atoms with E-state index in [4.69, 9.17) is 4.74 Å². The highest BCUT2D eigenvalue weighted by atomic mass is 19.3. The molecule has 0 amide bonds. The van der Waals surface area contributed by atoms with Crippen LogP contribution in [0.25, 0.3) is 23.0 Å². The van der Waals surface area contributed by atoms with Gasteiger partial charge in [0.2, 0.25) is 5.82 Å². The van der Waals surface area contributed by atoms with Gasteiger partial charge < -0.3 is 4.74 Å². The Morgan fingerprint density at radius 1 is 1.10 bits per heavy atom. The van der Waals surface area contributed by atoms with E-state index in [2.05, 4.69) is 20.1 Å². The molecule has 1 aliphatic carbocycles. The van der Waals surface area contributed by atoms with Crippen LogP contribution in [0.2, 0.25) is 0 Å². The minimum Gasteiger partial charge on any atom is -0.379 e. The third-order valence-corrected chi connectivity index (χ3v) is 5.92. The van der Waals surface area contributed by atoms with Gasteiger partial charge in [-0.1, -0.05) is 24.3 Å². The topological polar surface area (TPSA) is 65.7 Å². The molecule has 3 aromatic rings. The van der Waals surface area contributed by atoms with Crippen molar-refractivity contribution in [2.75, 3.05) is 13.2 Å². The minimum absolute atomic E-state index is 0.0636. The molecule has 1 saturated carbocycles. The monoisotopic (exact) mass is 397 g/mol. The summed E-state index contributed by atoms with van der Waals surface area (Å²) in [6.45, 7) is 2.92. The summed E-state index contributed by atoms with van der Waals surface area (Å²) in [6, 6.07) is 9.03. The van der Waals surface area contributed by atoms with E-state index >= 15 is 0 Å². The second-order valence-electron chi connectivity index (χ2n) is 7.94. The van der Waals surface area contributed by atoms with Gasteiger partial charge >= 0.3 is 0 Å². The minimum atomic E-state index is -2.63. The number of nitrogens with zero attached hydrogens (tertiary/aromatic N) is 5. The van der Waals surface area contributed by atoms with Crippen LogP contribution in [0.1, 0.15) is 37.8 Å². The predicted octanol–water partition coefficient (Wildman–Crippen LogP) is 4.05. The molecule has 1 saturated heterocycles. The van der Waals surface area contributed by atoms with Gasteiger partial charge in [0.25, 0.3) is 5.92 Å². The quantitative estimate of drug-likeness (QED) is 0.665. The van der Waals surface area contributed by atoms with Crippen molar-refractivity contribution < 1.29 is 13.5 Å². The first kappa shape index (κ1) is 18.3. The fourth-order valence-corrected chi connectivity index (χ4v) is 3.90. The molecule has 6 nitrogen and oxygen atoms in total. The highest BCUT2D eigenvalue weighted by molar-refractivity contribution is 5.60. The lowest BCUT2D eigenvalue weighted by Gasteiger charge is -2.23. The van der Waals surface area contributed by atoms with Crippen LogP contribution < -0.4 is 0 Å². The molecule has 0 bridgehead atoms. The molecule has 150 valence electrons. The number of hydrogen-bond donors (Lipinski definition) is 0. The molecule has 2 atom stereocenters. The van der Waals surface area contributed by atoms with Gasteiger partial charge in [0.15, 0.2) is 11.6 Å². The Morgan fingerprint density at radius 3 is 2.45 bits per heavy atom. The Bertz CT molecular complexity index is 1020. The molecule has 0 N–H and O–H groups in total. The van der Waals surface area contributed by atoms with E-state index in [1.807, 2.05) is 16.8 Å². The summed E-state index contributed by atoms with van der Waals surface area (Å²) in [5, 5.41) is 4.67. The third kappa shape index (κ3) is 3.11. The van der Waals surface area contributed by atoms with Crippen molar-refractivity contribution in [1.29, 1.82) is 0 Å². The summed E-state index contributed by atoms with van der Waals surface area (Å²) >= 11 is 0. The summed E-state index contributed by atoms with van der Waals surface area (Å²) in [7, 11) is 0. The van der Waals surface area contributed by atoms with Crippen LogP contribution in [0, 0.1) is 0 Å². The van der Waals surface area contributed by atoms with E-state index in [0.29, 0.717) is 29.6 Å². The first-order chi connectivity index (χ1) is 14.0. The number of rotatable bonds is 4. The fourth-order valence-electron chi connectivity index (χ4n) is 3.90. The van der Waals surface area contributed by atoms with Gasteiger partial charge in [-0.2, -0.15) is 0 Å². The van der Waals surface area contributed by atoms with Crippen molar-refractivity contribution in [2.45, 2.75) is 43.6 Å². The molecule has 2 aromatic heterocycles. The summed E-state index contributed by atoms with van der Waals surface area (Å²) in [6.07, 6.45) is 5.08. The summed E-state index contributed by atoms with van der Waals surface area (Å²) in [5.41, 5.74) is 0.394. The Hall–Kier alpha value is -2.74. The van der Waals surface area contributed by atoms with Crippen LogP contribution in [0.15, 0.2) is 42.7 Å². The summed E-state index contributed by atoms with van der Waals surface area (Å²) < 4.78 is 35.0. The molecule has 2 unspecified atom stereocenters. The average molecular weight is 397 g/mol. The maximum absolute atomic E-state index is 13.7. The maximum Gasteiger partial charge on any atom is 0.258 e. The van der Waals surface area contributed by atoms with Gasteiger partial charge in [-0.3, -0.25) is 0 Å². The van der Waals surface area contributed by atoms with E-state index in [9.17, 15) is 8.78 Å². The van der Waals surface area contributed by atoms with Crippen LogP contribution >= 0.6 is 0 Å². The standard InChI is InChI=1S/C21H21F2N5O/c1-20(13-21(20,22)23)15-7-5-14(6-8-15)19-26-18(17-24-9-3-10-25-17)27-28(19)16-4-2-11-29-12-16/h3,5-10,16H,2,4,11-13H2,1H3. The maximum atomic E-state index is 13.7. The van der Waals surface area contributed by atoms with Crippen molar-refractivity contribution in [3.8, 4) is 23.0 Å². The number of halogens is 2. The van der Waals surface area contributed by atoms with E-state index in [0.717, 1.165) is 25.0 Å². The van der Waals surface area contributed by atoms with Crippen molar-refractivity contribution in [3.63, 3.8) is 0 Å². The van der Waals surface area contributed by atoms with Crippen LogP contribution in [0.3, 0.4) is 0 Å². The lowest BCUT2D eigenvalue weighted by atomic mass is 9.96. The van der Waals surface area contributed by atoms with Crippen molar-refractivity contribution in [3.05, 3.63) is 48.3 Å². The van der Waals surface area contributed by atoms with Crippen molar-refractivity contribution in [1.82, 2.24) is 24.7 Å². The number of benzene rings is 1. The van der Waals surface area contributed by atoms with Gasteiger partial charge in [-0.05, 0) is 31.4 Å². The van der Waals surface area contributed by atoms with E-state index in [1.165, 1.54) is 0 Å². The molecule has 1 aromatic carbocycles. The number of aromatic nitrogens is 5. The first-order valence-corrected chi connectivity index (χ1v) is 9.78. The molecule has 2 fully saturated rings. The smallest absolute Gasteiger partial charge is 0.258 e. The number of ether oxygens (including phenoxy) is 1. The second kappa shape index (κ2) is 6.66. The van der Waals surface area contributed by atoms with Gasteiger partial charge in [0, 0.05) is 31.0 Å². The van der Waals surface area contributed by atoms with E-state index < -0.39 is 11.3 Å². The summed E-state index contributed by atoms with van der Waals surface area (Å²) in [5.74, 6) is -1.07. The van der Waals surface area contributed by atoms with Crippen LogP contribution in [0.4, 0.5) is 8.78 Å². The second-order valence-corrected chi connectivity index (χ2v) is 7.94. The lowest BCUT2D eigenvalue weighted by Crippen LogP contribution is -2.23. The zero-order valence-corrected chi connectivity index (χ0v) is 16.1. The molecule has 0 radical (unpaired) electrons. The largest absolute Gasteiger partial charge is 0.379 e. The molecule has 1 aliphatic heterocycles. The zero-order valence-electron chi connectivity index (χ0n) is 16.1. The zero-order chi connectivity index (χ0) is 20.1.